The van der Waals surface area contributed by atoms with Gasteiger partial charge in [0.25, 0.3) is 5.91 Å². The van der Waals surface area contributed by atoms with Crippen LogP contribution in [0.1, 0.15) is 29.4 Å². The Bertz CT molecular complexity index is 463. The van der Waals surface area contributed by atoms with Crippen LogP contribution in [0.2, 0.25) is 0 Å². The van der Waals surface area contributed by atoms with Crippen LogP contribution in [0.5, 0.6) is 0 Å². The molecule has 1 atom stereocenters. The molecule has 1 unspecified atom stereocenters. The minimum Gasteiger partial charge on any atom is -0.385 e. The van der Waals surface area contributed by atoms with Crippen LogP contribution in [0, 0.1) is 6.92 Å². The van der Waals surface area contributed by atoms with Crippen molar-refractivity contribution in [1.82, 2.24) is 10.3 Å². The van der Waals surface area contributed by atoms with Crippen LogP contribution in [0.25, 0.3) is 0 Å². The van der Waals surface area contributed by atoms with Gasteiger partial charge in [-0.05, 0) is 26.3 Å². The number of carbonyl (C=O) groups is 1. The van der Waals surface area contributed by atoms with Crippen LogP contribution in [-0.2, 0) is 10.8 Å². The fraction of sp³-hybridized carbons (Fsp3) is 0.538. The molecule has 0 aliphatic rings. The topological polar surface area (TPSA) is 71.1 Å². The van der Waals surface area contributed by atoms with E-state index in [1.54, 1.807) is 12.5 Å². The molecule has 0 fully saturated rings. The molecule has 0 aliphatic heterocycles. The molecule has 0 bridgehead atoms. The third kappa shape index (κ3) is 5.38. The smallest absolute Gasteiger partial charge is 0.254 e. The van der Waals surface area contributed by atoms with Crippen molar-refractivity contribution in [3.63, 3.8) is 0 Å². The molecule has 1 aromatic rings. The highest BCUT2D eigenvalue weighted by molar-refractivity contribution is 7.84. The molecule has 1 rings (SSSR count). The zero-order chi connectivity index (χ0) is 14.3. The van der Waals surface area contributed by atoms with Gasteiger partial charge in [-0.2, -0.15) is 0 Å². The number of pyridine rings is 1. The van der Waals surface area contributed by atoms with Crippen molar-refractivity contribution < 1.29 is 9.00 Å². The number of hydrogen-bond donors (Lipinski definition) is 2. The fourth-order valence-electron chi connectivity index (χ4n) is 1.65. The van der Waals surface area contributed by atoms with E-state index < -0.39 is 10.8 Å². The molecule has 19 heavy (non-hydrogen) atoms. The number of rotatable bonds is 7. The first-order valence-corrected chi connectivity index (χ1v) is 8.06. The highest BCUT2D eigenvalue weighted by Gasteiger charge is 2.11. The lowest BCUT2D eigenvalue weighted by molar-refractivity contribution is 0.0954. The first-order valence-electron chi connectivity index (χ1n) is 6.33. The van der Waals surface area contributed by atoms with Crippen molar-refractivity contribution in [3.8, 4) is 0 Å². The number of nitrogens with one attached hydrogen (secondary N) is 2. The van der Waals surface area contributed by atoms with Crippen LogP contribution in [-0.4, -0.2) is 40.2 Å². The number of anilines is 1. The molecule has 5 nitrogen and oxygen atoms in total. The molecular formula is C13H21N3O2S. The normalized spacial score (nSPS) is 11.9. The Morgan fingerprint density at radius 2 is 2.21 bits per heavy atom. The predicted octanol–water partition coefficient (Wildman–Crippen LogP) is 1.32. The van der Waals surface area contributed by atoms with Crippen LogP contribution in [0.15, 0.2) is 12.3 Å². The molecule has 0 aliphatic carbocycles. The van der Waals surface area contributed by atoms with E-state index >= 15 is 0 Å². The highest BCUT2D eigenvalue weighted by atomic mass is 32.2. The van der Waals surface area contributed by atoms with E-state index in [0.29, 0.717) is 24.3 Å². The minimum atomic E-state index is -0.811. The van der Waals surface area contributed by atoms with Gasteiger partial charge in [0.15, 0.2) is 0 Å². The summed E-state index contributed by atoms with van der Waals surface area (Å²) in [5, 5.41) is 5.98. The van der Waals surface area contributed by atoms with Gasteiger partial charge in [-0.25, -0.2) is 0 Å². The predicted molar refractivity (Wildman–Crippen MR) is 79.0 cm³/mol. The van der Waals surface area contributed by atoms with E-state index in [1.807, 2.05) is 19.9 Å². The van der Waals surface area contributed by atoms with Gasteiger partial charge in [-0.1, -0.05) is 0 Å². The Kier molecular flexibility index (Phi) is 6.49. The second kappa shape index (κ2) is 7.89. The molecule has 6 heteroatoms. The minimum absolute atomic E-state index is 0.148. The van der Waals surface area contributed by atoms with Crippen molar-refractivity contribution >= 4 is 22.4 Å². The summed E-state index contributed by atoms with van der Waals surface area (Å²) < 4.78 is 10.9. The zero-order valence-corrected chi connectivity index (χ0v) is 12.5. The summed E-state index contributed by atoms with van der Waals surface area (Å²) in [5.74, 6) is 0.456. The lowest BCUT2D eigenvalue weighted by Crippen LogP contribution is -2.26. The van der Waals surface area contributed by atoms with Gasteiger partial charge in [0.2, 0.25) is 0 Å². The number of aryl methyl sites for hydroxylation is 1. The fourth-order valence-corrected chi connectivity index (χ4v) is 2.20. The maximum atomic E-state index is 12.0. The largest absolute Gasteiger partial charge is 0.385 e. The van der Waals surface area contributed by atoms with Crippen LogP contribution >= 0.6 is 0 Å². The van der Waals surface area contributed by atoms with Crippen molar-refractivity contribution in [1.29, 1.82) is 0 Å². The van der Waals surface area contributed by atoms with E-state index in [9.17, 15) is 9.00 Å². The quantitative estimate of drug-likeness (QED) is 0.740. The van der Waals surface area contributed by atoms with Crippen LogP contribution in [0.3, 0.4) is 0 Å². The molecule has 1 aromatic heterocycles. The average Bonchev–Trinajstić information content (AvgIpc) is 2.35. The molecule has 2 N–H and O–H groups in total. The number of amides is 1. The lowest BCUT2D eigenvalue weighted by Gasteiger charge is -2.11. The first-order chi connectivity index (χ1) is 9.04. The molecule has 0 aromatic carbocycles. The average molecular weight is 283 g/mol. The van der Waals surface area contributed by atoms with Crippen molar-refractivity contribution in [2.75, 3.05) is 30.4 Å². The van der Waals surface area contributed by atoms with Gasteiger partial charge in [0, 0.05) is 47.8 Å². The Hall–Kier alpha value is -1.43. The van der Waals surface area contributed by atoms with E-state index in [-0.39, 0.29) is 5.91 Å². The standard InChI is InChI=1S/C13H21N3O2S/c1-4-14-12-8-10(2)16-9-11(12)13(17)15-6-5-7-19(3)18/h8-9H,4-7H2,1-3H3,(H,14,16)(H,15,17). The highest BCUT2D eigenvalue weighted by Crippen LogP contribution is 2.15. The Balaban J connectivity index is 2.63. The monoisotopic (exact) mass is 283 g/mol. The van der Waals surface area contributed by atoms with E-state index in [2.05, 4.69) is 15.6 Å². The van der Waals surface area contributed by atoms with Gasteiger partial charge in [-0.15, -0.1) is 0 Å². The Morgan fingerprint density at radius 3 is 2.84 bits per heavy atom. The molecule has 0 saturated heterocycles. The number of aromatic nitrogens is 1. The summed E-state index contributed by atoms with van der Waals surface area (Å²) in [7, 11) is -0.811. The van der Waals surface area contributed by atoms with Crippen LogP contribution in [0.4, 0.5) is 5.69 Å². The molecule has 1 heterocycles. The molecule has 0 saturated carbocycles. The van der Waals surface area contributed by atoms with Gasteiger partial charge >= 0.3 is 0 Å². The van der Waals surface area contributed by atoms with E-state index in [0.717, 1.165) is 17.9 Å². The summed E-state index contributed by atoms with van der Waals surface area (Å²) in [5.41, 5.74) is 2.21. The van der Waals surface area contributed by atoms with E-state index in [4.69, 9.17) is 0 Å². The third-order valence-corrected chi connectivity index (χ3v) is 3.41. The van der Waals surface area contributed by atoms with Gasteiger partial charge in [0.05, 0.1) is 11.3 Å². The first kappa shape index (κ1) is 15.6. The van der Waals surface area contributed by atoms with Crippen molar-refractivity contribution in [3.05, 3.63) is 23.5 Å². The zero-order valence-electron chi connectivity index (χ0n) is 11.7. The SMILES string of the molecule is CCNc1cc(C)ncc1C(=O)NCCCS(C)=O. The summed E-state index contributed by atoms with van der Waals surface area (Å²) in [4.78, 5) is 16.2. The van der Waals surface area contributed by atoms with E-state index in [1.165, 1.54) is 0 Å². The summed E-state index contributed by atoms with van der Waals surface area (Å²) in [6.45, 7) is 5.14. The molecule has 1 amide bonds. The maximum Gasteiger partial charge on any atom is 0.254 e. The van der Waals surface area contributed by atoms with Crippen molar-refractivity contribution in [2.24, 2.45) is 0 Å². The molecular weight excluding hydrogens is 262 g/mol. The summed E-state index contributed by atoms with van der Waals surface area (Å²) in [6.07, 6.45) is 3.96. The number of carbonyl (C=O) groups excluding carboxylic acids is 1. The summed E-state index contributed by atoms with van der Waals surface area (Å²) in [6, 6.07) is 1.86. The second-order valence-electron chi connectivity index (χ2n) is 4.29. The lowest BCUT2D eigenvalue weighted by atomic mass is 10.2. The molecule has 106 valence electrons. The Morgan fingerprint density at radius 1 is 1.47 bits per heavy atom. The maximum absolute atomic E-state index is 12.0. The second-order valence-corrected chi connectivity index (χ2v) is 5.84. The van der Waals surface area contributed by atoms with Gasteiger partial charge in [-0.3, -0.25) is 14.0 Å². The van der Waals surface area contributed by atoms with Gasteiger partial charge in [0.1, 0.15) is 0 Å². The molecule has 0 radical (unpaired) electrons. The van der Waals surface area contributed by atoms with Crippen molar-refractivity contribution in [2.45, 2.75) is 20.3 Å². The third-order valence-electron chi connectivity index (χ3n) is 2.55. The number of nitrogens with zero attached hydrogens (tertiary/aromatic N) is 1. The van der Waals surface area contributed by atoms with Gasteiger partial charge < -0.3 is 10.6 Å². The molecule has 0 spiro atoms. The van der Waals surface area contributed by atoms with Crippen LogP contribution < -0.4 is 10.6 Å². The Labute approximate surface area is 116 Å². The number of hydrogen-bond acceptors (Lipinski definition) is 4. The summed E-state index contributed by atoms with van der Waals surface area (Å²) >= 11 is 0.